The maximum absolute atomic E-state index is 12.2. The molecule has 1 aromatic carbocycles. The third-order valence-electron chi connectivity index (χ3n) is 7.26. The van der Waals surface area contributed by atoms with E-state index in [2.05, 4.69) is 19.9 Å². The number of hydrogen-bond donors (Lipinski definition) is 1. The monoisotopic (exact) mass is 502 g/mol. The van der Waals surface area contributed by atoms with Crippen LogP contribution < -0.4 is 4.74 Å². The zero-order valence-electron chi connectivity index (χ0n) is 23.9. The second-order valence-electron chi connectivity index (χ2n) is 10.9. The number of esters is 1. The SMILES string of the molecule is CCCCCCCCCCCCCC(O)CCCC(=O)Oc1cccc(CCCCCCCCC)c1. The molecule has 3 heteroatoms. The maximum Gasteiger partial charge on any atom is 0.311 e. The number of aryl methyl sites for hydroxylation is 1. The fourth-order valence-electron chi connectivity index (χ4n) is 4.90. The van der Waals surface area contributed by atoms with Crippen LogP contribution in [0.25, 0.3) is 0 Å². The summed E-state index contributed by atoms with van der Waals surface area (Å²) in [6.07, 6.45) is 27.1. The number of rotatable bonds is 25. The van der Waals surface area contributed by atoms with E-state index in [1.54, 1.807) is 0 Å². The number of ether oxygens (including phenoxy) is 1. The van der Waals surface area contributed by atoms with E-state index in [4.69, 9.17) is 4.74 Å². The Morgan fingerprint density at radius 3 is 1.78 bits per heavy atom. The number of benzene rings is 1. The van der Waals surface area contributed by atoms with Gasteiger partial charge in [-0.1, -0.05) is 135 Å². The van der Waals surface area contributed by atoms with Crippen LogP contribution in [0.3, 0.4) is 0 Å². The van der Waals surface area contributed by atoms with Gasteiger partial charge in [-0.15, -0.1) is 0 Å². The standard InChI is InChI=1S/C33H58O3/c1-3-5-7-9-11-12-13-14-16-18-20-25-31(34)26-22-28-33(35)36-32-27-21-24-30(29-32)23-19-17-15-10-8-6-4-2/h21,24,27,29,31,34H,3-20,22-23,25-26,28H2,1-2H3. The Hall–Kier alpha value is -1.35. The topological polar surface area (TPSA) is 46.5 Å². The van der Waals surface area contributed by atoms with Crippen LogP contribution in [0.15, 0.2) is 24.3 Å². The first kappa shape index (κ1) is 32.7. The van der Waals surface area contributed by atoms with Crippen molar-refractivity contribution in [3.8, 4) is 5.75 Å². The fourth-order valence-corrected chi connectivity index (χ4v) is 4.90. The van der Waals surface area contributed by atoms with Crippen LogP contribution in [0.2, 0.25) is 0 Å². The van der Waals surface area contributed by atoms with Crippen molar-refractivity contribution in [3.63, 3.8) is 0 Å². The lowest BCUT2D eigenvalue weighted by Crippen LogP contribution is -2.11. The predicted molar refractivity (Wildman–Crippen MR) is 155 cm³/mol. The second-order valence-corrected chi connectivity index (χ2v) is 10.9. The number of unbranched alkanes of at least 4 members (excludes halogenated alkanes) is 16. The van der Waals surface area contributed by atoms with Gasteiger partial charge in [0.05, 0.1) is 6.10 Å². The summed E-state index contributed by atoms with van der Waals surface area (Å²) in [5, 5.41) is 10.2. The average molecular weight is 503 g/mol. The van der Waals surface area contributed by atoms with Gasteiger partial charge in [0.1, 0.15) is 5.75 Å². The number of aliphatic hydroxyl groups is 1. The zero-order chi connectivity index (χ0) is 26.1. The molecule has 208 valence electrons. The summed E-state index contributed by atoms with van der Waals surface area (Å²) in [5.41, 5.74) is 1.25. The van der Waals surface area contributed by atoms with Crippen molar-refractivity contribution in [3.05, 3.63) is 29.8 Å². The van der Waals surface area contributed by atoms with Gasteiger partial charge in [0.2, 0.25) is 0 Å². The van der Waals surface area contributed by atoms with Gasteiger partial charge in [-0.3, -0.25) is 4.79 Å². The summed E-state index contributed by atoms with van der Waals surface area (Å²) in [6, 6.07) is 7.99. The van der Waals surface area contributed by atoms with Crippen molar-refractivity contribution in [2.45, 2.75) is 168 Å². The predicted octanol–water partition coefficient (Wildman–Crippen LogP) is 10.1. The molecule has 0 spiro atoms. The summed E-state index contributed by atoms with van der Waals surface area (Å²) < 4.78 is 5.56. The first-order valence-electron chi connectivity index (χ1n) is 15.6. The summed E-state index contributed by atoms with van der Waals surface area (Å²) in [5.74, 6) is 0.465. The van der Waals surface area contributed by atoms with Crippen molar-refractivity contribution < 1.29 is 14.6 Å². The van der Waals surface area contributed by atoms with Crippen LogP contribution in [0.5, 0.6) is 5.75 Å². The van der Waals surface area contributed by atoms with E-state index < -0.39 is 0 Å². The molecule has 1 atom stereocenters. The molecule has 0 saturated heterocycles. The van der Waals surface area contributed by atoms with Gasteiger partial charge < -0.3 is 9.84 Å². The first-order chi connectivity index (χ1) is 17.7. The number of carbonyl (C=O) groups excluding carboxylic acids is 1. The minimum absolute atomic E-state index is 0.190. The summed E-state index contributed by atoms with van der Waals surface area (Å²) in [7, 11) is 0. The lowest BCUT2D eigenvalue weighted by Gasteiger charge is -2.10. The molecule has 0 aliphatic heterocycles. The molecule has 0 bridgehead atoms. The highest BCUT2D eigenvalue weighted by Gasteiger charge is 2.09. The van der Waals surface area contributed by atoms with Crippen molar-refractivity contribution >= 4 is 5.97 Å². The van der Waals surface area contributed by atoms with E-state index in [-0.39, 0.29) is 12.1 Å². The van der Waals surface area contributed by atoms with E-state index in [9.17, 15) is 9.90 Å². The summed E-state index contributed by atoms with van der Waals surface area (Å²) in [4.78, 5) is 12.2. The molecule has 1 unspecified atom stereocenters. The van der Waals surface area contributed by atoms with E-state index in [1.807, 2.05) is 18.2 Å². The molecular formula is C33H58O3. The lowest BCUT2D eigenvalue weighted by atomic mass is 10.0. The highest BCUT2D eigenvalue weighted by molar-refractivity contribution is 5.72. The summed E-state index contributed by atoms with van der Waals surface area (Å²) in [6.45, 7) is 4.52. The Balaban J connectivity index is 2.02. The lowest BCUT2D eigenvalue weighted by molar-refractivity contribution is -0.134. The van der Waals surface area contributed by atoms with Gasteiger partial charge in [-0.05, 0) is 49.8 Å². The smallest absolute Gasteiger partial charge is 0.311 e. The number of aliphatic hydroxyl groups excluding tert-OH is 1. The third-order valence-corrected chi connectivity index (χ3v) is 7.26. The molecule has 0 amide bonds. The minimum Gasteiger partial charge on any atom is -0.427 e. The van der Waals surface area contributed by atoms with Gasteiger partial charge in [0, 0.05) is 6.42 Å². The summed E-state index contributed by atoms with van der Waals surface area (Å²) >= 11 is 0. The van der Waals surface area contributed by atoms with Gasteiger partial charge >= 0.3 is 5.97 Å². The molecule has 0 fully saturated rings. The highest BCUT2D eigenvalue weighted by atomic mass is 16.5. The van der Waals surface area contributed by atoms with Crippen molar-refractivity contribution in [2.75, 3.05) is 0 Å². The average Bonchev–Trinajstić information content (AvgIpc) is 2.87. The Labute approximate surface area is 223 Å². The molecule has 0 aromatic heterocycles. The zero-order valence-corrected chi connectivity index (χ0v) is 23.9. The highest BCUT2D eigenvalue weighted by Crippen LogP contribution is 2.18. The largest absolute Gasteiger partial charge is 0.427 e. The molecule has 1 aromatic rings. The quantitative estimate of drug-likeness (QED) is 0.0821. The third kappa shape index (κ3) is 19.8. The molecule has 3 nitrogen and oxygen atoms in total. The molecule has 0 radical (unpaired) electrons. The van der Waals surface area contributed by atoms with E-state index >= 15 is 0 Å². The van der Waals surface area contributed by atoms with Crippen molar-refractivity contribution in [1.29, 1.82) is 0 Å². The molecule has 0 aliphatic carbocycles. The Kier molecular flexibility index (Phi) is 21.8. The Morgan fingerprint density at radius 2 is 1.19 bits per heavy atom. The Morgan fingerprint density at radius 1 is 0.694 bits per heavy atom. The van der Waals surface area contributed by atoms with Crippen LogP contribution in [-0.2, 0) is 11.2 Å². The van der Waals surface area contributed by atoms with Crippen molar-refractivity contribution in [2.24, 2.45) is 0 Å². The van der Waals surface area contributed by atoms with Crippen LogP contribution in [0.4, 0.5) is 0 Å². The van der Waals surface area contributed by atoms with Crippen molar-refractivity contribution in [1.82, 2.24) is 0 Å². The van der Waals surface area contributed by atoms with E-state index in [0.29, 0.717) is 25.0 Å². The molecule has 0 heterocycles. The van der Waals surface area contributed by atoms with E-state index in [0.717, 1.165) is 19.3 Å². The second kappa shape index (κ2) is 24.0. The molecule has 0 saturated carbocycles. The molecule has 1 rings (SSSR count). The normalized spacial score (nSPS) is 12.1. The maximum atomic E-state index is 12.2. The van der Waals surface area contributed by atoms with Crippen LogP contribution >= 0.6 is 0 Å². The number of hydrogen-bond acceptors (Lipinski definition) is 3. The van der Waals surface area contributed by atoms with Gasteiger partial charge in [-0.2, -0.15) is 0 Å². The van der Waals surface area contributed by atoms with Gasteiger partial charge in [0.15, 0.2) is 0 Å². The minimum atomic E-state index is -0.290. The van der Waals surface area contributed by atoms with Crippen LogP contribution in [0, 0.1) is 0 Å². The Bertz CT molecular complexity index is 627. The van der Waals surface area contributed by atoms with Crippen LogP contribution in [-0.4, -0.2) is 17.2 Å². The van der Waals surface area contributed by atoms with Gasteiger partial charge in [0.25, 0.3) is 0 Å². The van der Waals surface area contributed by atoms with Gasteiger partial charge in [-0.25, -0.2) is 0 Å². The number of carbonyl (C=O) groups is 1. The molecular weight excluding hydrogens is 444 g/mol. The molecule has 0 aliphatic rings. The van der Waals surface area contributed by atoms with Crippen LogP contribution in [0.1, 0.15) is 161 Å². The molecule has 1 N–H and O–H groups in total. The fraction of sp³-hybridized carbons (Fsp3) is 0.788. The first-order valence-corrected chi connectivity index (χ1v) is 15.6. The molecule has 36 heavy (non-hydrogen) atoms. The van der Waals surface area contributed by atoms with E-state index in [1.165, 1.54) is 115 Å².